The Labute approximate surface area is 184 Å². The molecule has 0 aliphatic rings. The van der Waals surface area contributed by atoms with Crippen molar-refractivity contribution >= 4 is 35.7 Å². The molecule has 14 nitrogen and oxygen atoms in total. The molecule has 0 fully saturated rings. The van der Waals surface area contributed by atoms with Crippen LogP contribution in [0.3, 0.4) is 0 Å². The van der Waals surface area contributed by atoms with E-state index in [1.54, 1.807) is 0 Å². The molecule has 0 aromatic heterocycles. The quantitative estimate of drug-likeness (QED) is 0.147. The molecule has 0 rings (SSSR count). The number of hydrogen-bond acceptors (Lipinski definition) is 12. The topological polar surface area (TPSA) is 182 Å². The molecular formula is C18H28N2O12. The fourth-order valence-electron chi connectivity index (χ4n) is 2.09. The van der Waals surface area contributed by atoms with Crippen molar-refractivity contribution < 1.29 is 57.2 Å². The van der Waals surface area contributed by atoms with Gasteiger partial charge >= 0.3 is 23.9 Å². The third-order valence-corrected chi connectivity index (χ3v) is 3.68. The number of rotatable bonds is 15. The predicted octanol–water partition coefficient (Wildman–Crippen LogP) is -2.54. The van der Waals surface area contributed by atoms with E-state index in [2.05, 4.69) is 29.6 Å². The third kappa shape index (κ3) is 12.4. The van der Waals surface area contributed by atoms with E-state index in [1.807, 2.05) is 0 Å². The first-order valence-corrected chi connectivity index (χ1v) is 9.21. The van der Waals surface area contributed by atoms with Crippen LogP contribution in [0.25, 0.3) is 0 Å². The van der Waals surface area contributed by atoms with Crippen LogP contribution in [-0.2, 0) is 57.2 Å². The zero-order valence-corrected chi connectivity index (χ0v) is 18.3. The van der Waals surface area contributed by atoms with E-state index in [1.165, 1.54) is 0 Å². The maximum Gasteiger partial charge on any atom is 0.328 e. The van der Waals surface area contributed by atoms with Gasteiger partial charge < -0.3 is 39.1 Å². The monoisotopic (exact) mass is 464 g/mol. The minimum Gasteiger partial charge on any atom is -0.469 e. The lowest BCUT2D eigenvalue weighted by atomic mass is 10.2. The summed E-state index contributed by atoms with van der Waals surface area (Å²) in [7, 11) is 4.48. The summed E-state index contributed by atoms with van der Waals surface area (Å²) in [4.78, 5) is 69.4. The second kappa shape index (κ2) is 16.4. The van der Waals surface area contributed by atoms with Gasteiger partial charge in [0.25, 0.3) is 0 Å². The third-order valence-electron chi connectivity index (χ3n) is 3.68. The lowest BCUT2D eigenvalue weighted by Crippen LogP contribution is -2.45. The summed E-state index contributed by atoms with van der Waals surface area (Å²) in [5.74, 6) is -4.45. The van der Waals surface area contributed by atoms with Gasteiger partial charge in [0.2, 0.25) is 11.8 Å². The maximum atomic E-state index is 11.8. The Morgan fingerprint density at radius 1 is 0.594 bits per heavy atom. The number of amides is 2. The molecular weight excluding hydrogens is 436 g/mol. The molecule has 0 spiro atoms. The molecule has 2 unspecified atom stereocenters. The van der Waals surface area contributed by atoms with Crippen LogP contribution in [0, 0.1) is 0 Å². The lowest BCUT2D eigenvalue weighted by Gasteiger charge is -2.16. The summed E-state index contributed by atoms with van der Waals surface area (Å²) in [6.45, 7) is -1.06. The van der Waals surface area contributed by atoms with Crippen LogP contribution < -0.4 is 10.6 Å². The highest BCUT2D eigenvalue weighted by molar-refractivity contribution is 5.89. The van der Waals surface area contributed by atoms with Gasteiger partial charge in [-0.2, -0.15) is 0 Å². The first-order valence-electron chi connectivity index (χ1n) is 9.21. The van der Waals surface area contributed by atoms with Gasteiger partial charge in [0.1, 0.15) is 25.3 Å². The van der Waals surface area contributed by atoms with Gasteiger partial charge in [-0.05, 0) is 0 Å². The summed E-state index contributed by atoms with van der Waals surface area (Å²) >= 11 is 0. The highest BCUT2D eigenvalue weighted by Gasteiger charge is 2.26. The number of carbonyl (C=O) groups is 6. The number of carbonyl (C=O) groups excluding carboxylic acids is 6. The fourth-order valence-corrected chi connectivity index (χ4v) is 2.09. The minimum atomic E-state index is -1.23. The van der Waals surface area contributed by atoms with Crippen LogP contribution in [0.1, 0.15) is 12.8 Å². The van der Waals surface area contributed by atoms with E-state index in [0.29, 0.717) is 0 Å². The second-order valence-electron chi connectivity index (χ2n) is 5.95. The summed E-state index contributed by atoms with van der Waals surface area (Å²) < 4.78 is 28.0. The van der Waals surface area contributed by atoms with Gasteiger partial charge in [0.15, 0.2) is 0 Å². The van der Waals surface area contributed by atoms with Crippen LogP contribution in [0.4, 0.5) is 0 Å². The normalized spacial score (nSPS) is 12.0. The molecule has 182 valence electrons. The van der Waals surface area contributed by atoms with E-state index in [-0.39, 0.29) is 13.2 Å². The molecule has 2 N–H and O–H groups in total. The van der Waals surface area contributed by atoms with Crippen LogP contribution in [0.15, 0.2) is 0 Å². The number of hydrogen-bond donors (Lipinski definition) is 2. The zero-order valence-electron chi connectivity index (χ0n) is 18.3. The van der Waals surface area contributed by atoms with E-state index in [4.69, 9.17) is 9.47 Å². The Balaban J connectivity index is 4.23. The molecule has 0 saturated carbocycles. The second-order valence-corrected chi connectivity index (χ2v) is 5.95. The summed E-state index contributed by atoms with van der Waals surface area (Å²) in [5.41, 5.74) is 0. The van der Waals surface area contributed by atoms with Crippen molar-refractivity contribution in [2.45, 2.75) is 24.9 Å². The van der Waals surface area contributed by atoms with Crippen LogP contribution in [0.2, 0.25) is 0 Å². The largest absolute Gasteiger partial charge is 0.469 e. The van der Waals surface area contributed by atoms with Crippen molar-refractivity contribution in [3.05, 3.63) is 0 Å². The molecule has 2 atom stereocenters. The molecule has 0 aliphatic heterocycles. The Morgan fingerprint density at radius 2 is 0.938 bits per heavy atom. The molecule has 32 heavy (non-hydrogen) atoms. The molecule has 0 bridgehead atoms. The van der Waals surface area contributed by atoms with Crippen molar-refractivity contribution in [1.82, 2.24) is 10.6 Å². The Bertz CT molecular complexity index is 610. The summed E-state index contributed by atoms with van der Waals surface area (Å²) in [6, 6.07) is -2.45. The van der Waals surface area contributed by atoms with Crippen LogP contribution >= 0.6 is 0 Å². The van der Waals surface area contributed by atoms with Gasteiger partial charge in [0.05, 0.1) is 54.5 Å². The molecule has 0 aliphatic carbocycles. The van der Waals surface area contributed by atoms with Crippen molar-refractivity contribution in [3.63, 3.8) is 0 Å². The number of esters is 4. The minimum absolute atomic E-state index is 0.0802. The Hall–Kier alpha value is -3.26. The van der Waals surface area contributed by atoms with Gasteiger partial charge in [-0.25, -0.2) is 9.59 Å². The molecule has 0 heterocycles. The van der Waals surface area contributed by atoms with Crippen molar-refractivity contribution in [3.8, 4) is 0 Å². The molecule has 0 aromatic rings. The highest BCUT2D eigenvalue weighted by atomic mass is 16.5. The molecule has 2 amide bonds. The molecule has 0 radical (unpaired) electrons. The van der Waals surface area contributed by atoms with E-state index in [9.17, 15) is 28.8 Å². The predicted molar refractivity (Wildman–Crippen MR) is 103 cm³/mol. The lowest BCUT2D eigenvalue weighted by molar-refractivity contribution is -0.151. The first-order chi connectivity index (χ1) is 15.2. The fraction of sp³-hybridized carbons (Fsp3) is 0.667. The smallest absolute Gasteiger partial charge is 0.328 e. The van der Waals surface area contributed by atoms with Crippen molar-refractivity contribution in [2.75, 3.05) is 54.9 Å². The van der Waals surface area contributed by atoms with E-state index >= 15 is 0 Å². The first kappa shape index (κ1) is 28.7. The summed E-state index contributed by atoms with van der Waals surface area (Å²) in [5, 5.41) is 4.55. The standard InChI is InChI=1S/C18H28N2O12/c1-27-15(23)7-11(17(25)29-3)19-13(21)9-31-5-6-32-10-14(22)20-12(18(26)30-4)8-16(24)28-2/h11-12H,5-10H2,1-4H3,(H,19,21)(H,20,22). The van der Waals surface area contributed by atoms with Crippen molar-refractivity contribution in [1.29, 1.82) is 0 Å². The maximum absolute atomic E-state index is 11.8. The zero-order chi connectivity index (χ0) is 24.5. The SMILES string of the molecule is COC(=O)CC(NC(=O)COCCOCC(=O)NC(CC(=O)OC)C(=O)OC)C(=O)OC. The summed E-state index contributed by atoms with van der Waals surface area (Å²) in [6.07, 6.45) is -0.814. The van der Waals surface area contributed by atoms with Crippen LogP contribution in [-0.4, -0.2) is 103 Å². The Morgan fingerprint density at radius 3 is 1.22 bits per heavy atom. The highest BCUT2D eigenvalue weighted by Crippen LogP contribution is 1.99. The number of methoxy groups -OCH3 is 4. The van der Waals surface area contributed by atoms with E-state index in [0.717, 1.165) is 28.4 Å². The van der Waals surface area contributed by atoms with Gasteiger partial charge in [-0.1, -0.05) is 0 Å². The average Bonchev–Trinajstić information content (AvgIpc) is 2.78. The number of nitrogens with one attached hydrogen (secondary N) is 2. The van der Waals surface area contributed by atoms with Crippen molar-refractivity contribution in [2.24, 2.45) is 0 Å². The van der Waals surface area contributed by atoms with E-state index < -0.39 is 73.8 Å². The van der Waals surface area contributed by atoms with Crippen LogP contribution in [0.5, 0.6) is 0 Å². The molecule has 0 aromatic carbocycles. The van der Waals surface area contributed by atoms with Gasteiger partial charge in [-0.3, -0.25) is 19.2 Å². The average molecular weight is 464 g/mol. The molecule has 0 saturated heterocycles. The Kier molecular flexibility index (Phi) is 14.8. The van der Waals surface area contributed by atoms with Gasteiger partial charge in [0, 0.05) is 0 Å². The number of ether oxygens (including phenoxy) is 6. The molecule has 14 heteroatoms. The van der Waals surface area contributed by atoms with Gasteiger partial charge in [-0.15, -0.1) is 0 Å².